The van der Waals surface area contributed by atoms with Gasteiger partial charge in [0.15, 0.2) is 11.5 Å². The average molecular weight is 352 g/mol. The van der Waals surface area contributed by atoms with E-state index in [1.807, 2.05) is 12.1 Å². The lowest BCUT2D eigenvalue weighted by atomic mass is 10.2. The van der Waals surface area contributed by atoms with Gasteiger partial charge in [-0.15, -0.1) is 5.10 Å². The van der Waals surface area contributed by atoms with E-state index in [1.165, 1.54) is 0 Å². The molecule has 4 rings (SSSR count). The van der Waals surface area contributed by atoms with Crippen LogP contribution in [0.15, 0.2) is 48.9 Å². The number of hydrogen-bond donors (Lipinski definition) is 2. The largest absolute Gasteiger partial charge is 0.486 e. The number of pyridine rings is 1. The van der Waals surface area contributed by atoms with Gasteiger partial charge in [0.25, 0.3) is 0 Å². The number of amides is 2. The van der Waals surface area contributed by atoms with Crippen molar-refractivity contribution in [1.29, 1.82) is 0 Å². The Bertz CT molecular complexity index is 912. The van der Waals surface area contributed by atoms with Crippen LogP contribution in [0.4, 0.5) is 10.5 Å². The predicted molar refractivity (Wildman–Crippen MR) is 92.4 cm³/mol. The van der Waals surface area contributed by atoms with E-state index in [0.29, 0.717) is 36.1 Å². The van der Waals surface area contributed by atoms with Crippen molar-refractivity contribution >= 4 is 11.7 Å². The normalized spacial score (nSPS) is 12.5. The summed E-state index contributed by atoms with van der Waals surface area (Å²) in [6.07, 6.45) is 5.10. The van der Waals surface area contributed by atoms with Gasteiger partial charge < -0.3 is 20.1 Å². The van der Waals surface area contributed by atoms with Gasteiger partial charge in [-0.25, -0.2) is 9.48 Å². The van der Waals surface area contributed by atoms with Crippen LogP contribution in [0, 0.1) is 0 Å². The van der Waals surface area contributed by atoms with E-state index in [2.05, 4.69) is 25.9 Å². The minimum atomic E-state index is -0.347. The maximum Gasteiger partial charge on any atom is 0.319 e. The fourth-order valence-corrected chi connectivity index (χ4v) is 2.47. The molecule has 0 bridgehead atoms. The van der Waals surface area contributed by atoms with Gasteiger partial charge in [-0.2, -0.15) is 0 Å². The Hall–Kier alpha value is -3.62. The van der Waals surface area contributed by atoms with Crippen LogP contribution in [-0.4, -0.2) is 39.2 Å². The molecule has 9 heteroatoms. The van der Waals surface area contributed by atoms with Crippen LogP contribution in [0.3, 0.4) is 0 Å². The van der Waals surface area contributed by atoms with Crippen molar-refractivity contribution in [3.05, 3.63) is 54.6 Å². The first kappa shape index (κ1) is 15.9. The number of hydrogen-bond acceptors (Lipinski definition) is 6. The Kier molecular flexibility index (Phi) is 4.33. The Labute approximate surface area is 149 Å². The summed E-state index contributed by atoms with van der Waals surface area (Å²) < 4.78 is 12.6. The van der Waals surface area contributed by atoms with Gasteiger partial charge in [-0.3, -0.25) is 4.98 Å². The molecular weight excluding hydrogens is 336 g/mol. The maximum absolute atomic E-state index is 12.1. The third-order valence-electron chi connectivity index (χ3n) is 3.70. The predicted octanol–water partition coefficient (Wildman–Crippen LogP) is 1.76. The monoisotopic (exact) mass is 352 g/mol. The summed E-state index contributed by atoms with van der Waals surface area (Å²) in [6.45, 7) is 1.28. The van der Waals surface area contributed by atoms with Crippen molar-refractivity contribution in [1.82, 2.24) is 25.3 Å². The standard InChI is InChI=1S/C17H16N6O3/c24-17(20-12-1-2-15-16(9-12)26-8-7-25-15)19-10-13-11-23(22-21-13)14-3-5-18-6-4-14/h1-6,9,11H,7-8,10H2,(H2,19,20,24). The highest BCUT2D eigenvalue weighted by atomic mass is 16.6. The van der Waals surface area contributed by atoms with Crippen molar-refractivity contribution in [3.8, 4) is 17.2 Å². The number of anilines is 1. The van der Waals surface area contributed by atoms with Gasteiger partial charge in [0.05, 0.1) is 18.4 Å². The molecule has 2 N–H and O–H groups in total. The van der Waals surface area contributed by atoms with Crippen LogP contribution in [0.1, 0.15) is 5.69 Å². The second-order valence-corrected chi connectivity index (χ2v) is 5.53. The van der Waals surface area contributed by atoms with E-state index in [9.17, 15) is 4.79 Å². The molecule has 3 heterocycles. The number of benzene rings is 1. The number of nitrogens with zero attached hydrogens (tertiary/aromatic N) is 4. The molecule has 0 saturated carbocycles. The zero-order valence-electron chi connectivity index (χ0n) is 13.8. The number of fused-ring (bicyclic) bond motifs is 1. The van der Waals surface area contributed by atoms with Crippen LogP contribution >= 0.6 is 0 Å². The van der Waals surface area contributed by atoms with Crippen molar-refractivity contribution in [2.24, 2.45) is 0 Å². The molecule has 9 nitrogen and oxygen atoms in total. The fourth-order valence-electron chi connectivity index (χ4n) is 2.47. The molecule has 3 aromatic rings. The SMILES string of the molecule is O=C(NCc1cn(-c2ccncc2)nn1)Nc1ccc2c(c1)OCCO2. The molecule has 0 fully saturated rings. The lowest BCUT2D eigenvalue weighted by Crippen LogP contribution is -2.28. The summed E-state index contributed by atoms with van der Waals surface area (Å²) in [5, 5.41) is 13.6. The van der Waals surface area contributed by atoms with Crippen LogP contribution in [0.5, 0.6) is 11.5 Å². The van der Waals surface area contributed by atoms with E-state index >= 15 is 0 Å². The molecule has 1 aromatic carbocycles. The molecule has 2 amide bonds. The van der Waals surface area contributed by atoms with Gasteiger partial charge in [-0.05, 0) is 24.3 Å². The topological polar surface area (TPSA) is 103 Å². The fraction of sp³-hybridized carbons (Fsp3) is 0.176. The molecular formula is C17H16N6O3. The third kappa shape index (κ3) is 3.56. The zero-order valence-corrected chi connectivity index (χ0v) is 13.8. The molecule has 1 aliphatic rings. The van der Waals surface area contributed by atoms with Crippen LogP contribution in [-0.2, 0) is 6.54 Å². The molecule has 26 heavy (non-hydrogen) atoms. The molecule has 132 valence electrons. The van der Waals surface area contributed by atoms with Gasteiger partial charge in [0.2, 0.25) is 0 Å². The van der Waals surface area contributed by atoms with Gasteiger partial charge >= 0.3 is 6.03 Å². The number of rotatable bonds is 4. The summed E-state index contributed by atoms with van der Waals surface area (Å²) in [5.41, 5.74) is 2.10. The number of ether oxygens (including phenoxy) is 2. The van der Waals surface area contributed by atoms with Crippen molar-refractivity contribution < 1.29 is 14.3 Å². The minimum absolute atomic E-state index is 0.251. The summed E-state index contributed by atoms with van der Waals surface area (Å²) in [5.74, 6) is 1.30. The second-order valence-electron chi connectivity index (χ2n) is 5.53. The molecule has 0 saturated heterocycles. The molecule has 0 spiro atoms. The lowest BCUT2D eigenvalue weighted by molar-refractivity contribution is 0.171. The Balaban J connectivity index is 1.34. The summed E-state index contributed by atoms with van der Waals surface area (Å²) in [4.78, 5) is 16.0. The van der Waals surface area contributed by atoms with E-state index in [0.717, 1.165) is 5.69 Å². The highest BCUT2D eigenvalue weighted by molar-refractivity contribution is 5.89. The molecule has 2 aromatic heterocycles. The van der Waals surface area contributed by atoms with Gasteiger partial charge in [0, 0.05) is 24.1 Å². The first-order valence-electron chi connectivity index (χ1n) is 8.04. The molecule has 0 unspecified atom stereocenters. The highest BCUT2D eigenvalue weighted by Crippen LogP contribution is 2.32. The third-order valence-corrected chi connectivity index (χ3v) is 3.70. The number of nitrogens with one attached hydrogen (secondary N) is 2. The van der Waals surface area contributed by atoms with Gasteiger partial charge in [0.1, 0.15) is 18.9 Å². The Morgan fingerprint density at radius 3 is 2.77 bits per heavy atom. The zero-order chi connectivity index (χ0) is 17.8. The summed E-state index contributed by atoms with van der Waals surface area (Å²) in [7, 11) is 0. The molecule has 0 radical (unpaired) electrons. The number of carbonyl (C=O) groups is 1. The van der Waals surface area contributed by atoms with E-state index in [1.54, 1.807) is 41.5 Å². The smallest absolute Gasteiger partial charge is 0.319 e. The molecule has 1 aliphatic heterocycles. The van der Waals surface area contributed by atoms with Crippen LogP contribution in [0.2, 0.25) is 0 Å². The molecule has 0 aliphatic carbocycles. The van der Waals surface area contributed by atoms with Crippen LogP contribution < -0.4 is 20.1 Å². The van der Waals surface area contributed by atoms with Crippen molar-refractivity contribution in [3.63, 3.8) is 0 Å². The van der Waals surface area contributed by atoms with E-state index in [4.69, 9.17) is 9.47 Å². The van der Waals surface area contributed by atoms with Gasteiger partial charge in [-0.1, -0.05) is 5.21 Å². The first-order valence-corrected chi connectivity index (χ1v) is 8.04. The highest BCUT2D eigenvalue weighted by Gasteiger charge is 2.13. The second kappa shape index (κ2) is 7.09. The lowest BCUT2D eigenvalue weighted by Gasteiger charge is -2.19. The molecule has 0 atom stereocenters. The maximum atomic E-state index is 12.1. The Morgan fingerprint density at radius 1 is 1.12 bits per heavy atom. The van der Waals surface area contributed by atoms with Crippen molar-refractivity contribution in [2.45, 2.75) is 6.54 Å². The number of carbonyl (C=O) groups excluding carboxylic acids is 1. The first-order chi connectivity index (χ1) is 12.8. The summed E-state index contributed by atoms with van der Waals surface area (Å²) in [6, 6.07) is 8.55. The minimum Gasteiger partial charge on any atom is -0.486 e. The number of urea groups is 1. The van der Waals surface area contributed by atoms with E-state index < -0.39 is 0 Å². The van der Waals surface area contributed by atoms with Crippen molar-refractivity contribution in [2.75, 3.05) is 18.5 Å². The number of aromatic nitrogens is 4. The average Bonchev–Trinajstić information content (AvgIpc) is 3.16. The Morgan fingerprint density at radius 2 is 1.92 bits per heavy atom. The van der Waals surface area contributed by atoms with Crippen LogP contribution in [0.25, 0.3) is 5.69 Å². The quantitative estimate of drug-likeness (QED) is 0.741. The van der Waals surface area contributed by atoms with E-state index in [-0.39, 0.29) is 12.6 Å². The summed E-state index contributed by atoms with van der Waals surface area (Å²) >= 11 is 0.